The molecule has 15 heteroatoms. The van der Waals surface area contributed by atoms with Crippen molar-refractivity contribution >= 4 is 17.7 Å². The number of ketones is 1. The topological polar surface area (TPSA) is 189 Å². The second-order valence-corrected chi connectivity index (χ2v) is 17.2. The Morgan fingerprint density at radius 3 is 2.05 bits per heavy atom. The van der Waals surface area contributed by atoms with Crippen LogP contribution in [-0.4, -0.2) is 151 Å². The van der Waals surface area contributed by atoms with Gasteiger partial charge in [-0.25, -0.2) is 4.79 Å². The van der Waals surface area contributed by atoms with E-state index in [1.807, 2.05) is 32.8 Å². The summed E-state index contributed by atoms with van der Waals surface area (Å²) >= 11 is 0. The van der Waals surface area contributed by atoms with E-state index in [1.165, 1.54) is 21.1 Å². The number of methoxy groups -OCH3 is 2. The van der Waals surface area contributed by atoms with Crippen LogP contribution in [0.25, 0.3) is 0 Å². The first kappa shape index (κ1) is 48.3. The van der Waals surface area contributed by atoms with Crippen LogP contribution in [0, 0.1) is 23.7 Å². The Morgan fingerprint density at radius 2 is 1.52 bits per heavy atom. The third-order valence-corrected chi connectivity index (χ3v) is 12.6. The molecule has 0 spiro atoms. The fourth-order valence-electron chi connectivity index (χ4n) is 8.97. The van der Waals surface area contributed by atoms with Crippen LogP contribution < -0.4 is 0 Å². The number of hydrogen-bond donors (Lipinski definition) is 3. The molecule has 0 aliphatic carbocycles. The van der Waals surface area contributed by atoms with Crippen molar-refractivity contribution in [3.8, 4) is 0 Å². The van der Waals surface area contributed by atoms with Crippen LogP contribution in [0.15, 0.2) is 12.7 Å². The maximum absolute atomic E-state index is 14.3. The van der Waals surface area contributed by atoms with E-state index in [1.54, 1.807) is 48.5 Å². The minimum Gasteiger partial charge on any atom is -0.459 e. The molecule has 0 amide bonds. The normalized spacial score (nSPS) is 46.1. The van der Waals surface area contributed by atoms with Gasteiger partial charge in [0.2, 0.25) is 0 Å². The smallest absolute Gasteiger partial charge is 0.330 e. The number of aliphatic hydroxyl groups excluding tert-OH is 2. The quantitative estimate of drug-likeness (QED) is 0.216. The predicted molar refractivity (Wildman–Crippen MR) is 205 cm³/mol. The zero-order chi connectivity index (χ0) is 42.7. The largest absolute Gasteiger partial charge is 0.459 e. The summed E-state index contributed by atoms with van der Waals surface area (Å²) in [5.41, 5.74) is -4.36. The van der Waals surface area contributed by atoms with Crippen LogP contribution in [-0.2, 0) is 52.3 Å². The molecule has 0 aromatic rings. The number of carbonyl (C=O) groups is 3. The third kappa shape index (κ3) is 10.4. The van der Waals surface area contributed by atoms with Crippen LogP contribution in [0.5, 0.6) is 0 Å². The first-order valence-corrected chi connectivity index (χ1v) is 20.0. The fourth-order valence-corrected chi connectivity index (χ4v) is 8.97. The summed E-state index contributed by atoms with van der Waals surface area (Å²) in [6.07, 6.45) is -7.97. The summed E-state index contributed by atoms with van der Waals surface area (Å²) in [5.74, 6) is -5.28. The lowest BCUT2D eigenvalue weighted by Gasteiger charge is -2.50. The van der Waals surface area contributed by atoms with Gasteiger partial charge in [-0.15, -0.1) is 0 Å². The molecule has 56 heavy (non-hydrogen) atoms. The maximum Gasteiger partial charge on any atom is 0.330 e. The van der Waals surface area contributed by atoms with E-state index in [0.29, 0.717) is 6.42 Å². The Hall–Kier alpha value is -2.05. The Labute approximate surface area is 333 Å². The van der Waals surface area contributed by atoms with Crippen LogP contribution in [0.3, 0.4) is 0 Å². The van der Waals surface area contributed by atoms with E-state index in [4.69, 9.17) is 37.9 Å². The minimum atomic E-state index is -1.99. The van der Waals surface area contributed by atoms with Gasteiger partial charge < -0.3 is 58.1 Å². The van der Waals surface area contributed by atoms with Gasteiger partial charge in [0.05, 0.1) is 42.0 Å². The van der Waals surface area contributed by atoms with Crippen molar-refractivity contribution in [3.05, 3.63) is 12.7 Å². The van der Waals surface area contributed by atoms with Gasteiger partial charge in [-0.05, 0) is 74.9 Å². The van der Waals surface area contributed by atoms with Crippen LogP contribution in [0.2, 0.25) is 0 Å². The van der Waals surface area contributed by atoms with E-state index in [9.17, 15) is 29.7 Å². The van der Waals surface area contributed by atoms with Crippen LogP contribution >= 0.6 is 0 Å². The maximum atomic E-state index is 14.3. The third-order valence-electron chi connectivity index (χ3n) is 12.6. The number of rotatable bonds is 10. The predicted octanol–water partition coefficient (Wildman–Crippen LogP) is 3.18. The zero-order valence-electron chi connectivity index (χ0n) is 36.1. The number of nitrogens with zero attached hydrogens (tertiary/aromatic N) is 1. The van der Waals surface area contributed by atoms with E-state index >= 15 is 0 Å². The van der Waals surface area contributed by atoms with Crippen molar-refractivity contribution < 1.29 is 67.6 Å². The van der Waals surface area contributed by atoms with E-state index in [2.05, 4.69) is 6.58 Å². The molecular weight excluding hydrogens is 730 g/mol. The summed E-state index contributed by atoms with van der Waals surface area (Å²) < 4.78 is 50.1. The average Bonchev–Trinajstić information content (AvgIpc) is 3.14. The van der Waals surface area contributed by atoms with Crippen molar-refractivity contribution in [1.82, 2.24) is 4.90 Å². The lowest BCUT2D eigenvalue weighted by molar-refractivity contribution is -0.320. The molecule has 15 nitrogen and oxygen atoms in total. The van der Waals surface area contributed by atoms with Gasteiger partial charge in [0.15, 0.2) is 18.7 Å². The second-order valence-electron chi connectivity index (χ2n) is 17.2. The number of Topliss-reactive ketones (excluding diaryl/α,β-unsaturated/α-hetero) is 1. The van der Waals surface area contributed by atoms with Crippen molar-refractivity contribution in [2.45, 2.75) is 179 Å². The Bertz CT molecular complexity index is 1340. The van der Waals surface area contributed by atoms with Gasteiger partial charge in [0, 0.05) is 50.5 Å². The van der Waals surface area contributed by atoms with Crippen molar-refractivity contribution in [1.29, 1.82) is 0 Å². The van der Waals surface area contributed by atoms with Gasteiger partial charge in [-0.3, -0.25) is 9.59 Å². The molecule has 0 aromatic carbocycles. The second kappa shape index (κ2) is 19.3. The monoisotopic (exact) mass is 801 g/mol. The SMILES string of the molecule is C=CC(=O)O[C@H]1[C@H](C)O[C@@H](O[C@H]2[C@H](C)[C@@H](O[C@@H]3O[C@H](C)C[C@H](N(C)C)[C@H]3O)[C@](C)(OC)C[C@@H](C)C(=O)[C@H](C)[C@@H](O)[C@](C)(O)[C@@H](CC)OC(=O)[C@@H]2C)C[C@@]1(C)OC. The molecule has 324 valence electrons. The number of cyclic esters (lactones) is 1. The zero-order valence-corrected chi connectivity index (χ0v) is 36.1. The summed E-state index contributed by atoms with van der Waals surface area (Å²) in [6, 6.07) is -0.305. The molecule has 0 aromatic heterocycles. The molecule has 0 unspecified atom stereocenters. The molecule has 0 radical (unpaired) electrons. The Balaban J connectivity index is 2.22. The molecule has 0 saturated carbocycles. The fraction of sp³-hybridized carbons (Fsp3) is 0.878. The summed E-state index contributed by atoms with van der Waals surface area (Å²) in [6.45, 7) is 20.5. The number of likely N-dealkylation sites (N-methyl/N-ethyl adjacent to an activating group) is 1. The molecule has 0 bridgehead atoms. The van der Waals surface area contributed by atoms with Gasteiger partial charge in [-0.1, -0.05) is 34.3 Å². The molecule has 18 atom stereocenters. The number of esters is 2. The molecule has 3 aliphatic heterocycles. The molecule has 3 saturated heterocycles. The first-order valence-electron chi connectivity index (χ1n) is 20.0. The standard InChI is InChI=1S/C41H71NO14/c1-16-28-41(11,48)34(46)23(5)31(44)21(3)19-39(9,49-14)35(56-38-32(45)27(42(12)13)18-22(4)51-38)24(6)33(25(7)37(47)53-28)55-30-20-40(10,50-15)36(26(8)52-30)54-29(43)17-2/h17,21-28,30,32-36,38,45-46,48H,2,16,18-20H2,1,3-15H3/t21-,22-,23+,24+,25-,26+,27+,28-,30+,32-,33+,34-,35-,36+,38+,39-,40-,41-/m1/s1. The van der Waals surface area contributed by atoms with Crippen LogP contribution in [0.4, 0.5) is 0 Å². The highest BCUT2D eigenvalue weighted by atomic mass is 16.7. The molecule has 3 rings (SSSR count). The van der Waals surface area contributed by atoms with E-state index in [-0.39, 0.29) is 37.2 Å². The van der Waals surface area contributed by atoms with E-state index in [0.717, 1.165) is 6.08 Å². The summed E-state index contributed by atoms with van der Waals surface area (Å²) in [5, 5.41) is 34.8. The average molecular weight is 802 g/mol. The van der Waals surface area contributed by atoms with Gasteiger partial charge in [0.25, 0.3) is 0 Å². The molecule has 3 fully saturated rings. The Kier molecular flexibility index (Phi) is 16.7. The van der Waals surface area contributed by atoms with Crippen LogP contribution in [0.1, 0.15) is 94.9 Å². The molecule has 3 N–H and O–H groups in total. The Morgan fingerprint density at radius 1 is 0.929 bits per heavy atom. The summed E-state index contributed by atoms with van der Waals surface area (Å²) in [7, 11) is 6.73. The molecule has 3 heterocycles. The lowest BCUT2D eigenvalue weighted by atomic mass is 9.74. The highest BCUT2D eigenvalue weighted by molar-refractivity contribution is 5.83. The van der Waals surface area contributed by atoms with Gasteiger partial charge in [-0.2, -0.15) is 0 Å². The molecular formula is C41H71NO14. The number of aliphatic hydroxyl groups is 3. The van der Waals surface area contributed by atoms with Crippen molar-refractivity contribution in [2.24, 2.45) is 23.7 Å². The minimum absolute atomic E-state index is 0.0787. The highest BCUT2D eigenvalue weighted by Crippen LogP contribution is 2.42. The van der Waals surface area contributed by atoms with Crippen molar-refractivity contribution in [3.63, 3.8) is 0 Å². The lowest BCUT2D eigenvalue weighted by Crippen LogP contribution is -2.61. The number of ether oxygens (including phenoxy) is 8. The van der Waals surface area contributed by atoms with Crippen molar-refractivity contribution in [2.75, 3.05) is 28.3 Å². The van der Waals surface area contributed by atoms with E-state index < -0.39 is 108 Å². The number of hydrogen-bond acceptors (Lipinski definition) is 15. The summed E-state index contributed by atoms with van der Waals surface area (Å²) in [4.78, 5) is 42.6. The highest BCUT2D eigenvalue weighted by Gasteiger charge is 2.54. The molecule has 3 aliphatic rings. The first-order chi connectivity index (χ1) is 25.9. The van der Waals surface area contributed by atoms with Gasteiger partial charge >= 0.3 is 11.9 Å². The number of carbonyl (C=O) groups excluding carboxylic acids is 3. The van der Waals surface area contributed by atoms with Gasteiger partial charge in [0.1, 0.15) is 29.2 Å².